The van der Waals surface area contributed by atoms with Gasteiger partial charge in [-0.15, -0.1) is 0 Å². The number of rotatable bonds is 31. The minimum atomic E-state index is -4.67. The van der Waals surface area contributed by atoms with Crippen LogP contribution in [0.15, 0.2) is 47.4 Å². The van der Waals surface area contributed by atoms with Crippen molar-refractivity contribution in [2.45, 2.75) is 193 Å². The average Bonchev–Trinajstić information content (AvgIpc) is 3.34. The van der Waals surface area contributed by atoms with E-state index in [2.05, 4.69) is 19.6 Å². The number of nitriles is 1. The number of unbranched alkanes of at least 4 members (excludes halogenated alkanes) is 15. The quantitative estimate of drug-likeness (QED) is 0.0144. The first-order valence-corrected chi connectivity index (χ1v) is 28.5. The van der Waals surface area contributed by atoms with Gasteiger partial charge in [-0.25, -0.2) is 14.4 Å². The van der Waals surface area contributed by atoms with Gasteiger partial charge in [-0.05, 0) is 68.1 Å². The lowest BCUT2D eigenvalue weighted by molar-refractivity contribution is -0.143. The number of carboxylic acid groups (broad SMARTS) is 8. The van der Waals surface area contributed by atoms with Gasteiger partial charge >= 0.3 is 58.2 Å². The summed E-state index contributed by atoms with van der Waals surface area (Å²) >= 11 is 3.09. The van der Waals surface area contributed by atoms with Crippen LogP contribution in [0.3, 0.4) is 0 Å². The van der Waals surface area contributed by atoms with Crippen molar-refractivity contribution in [3.8, 4) is 11.2 Å². The fraction of sp³-hybridized carbons (Fsp3) is 0.588. The Hall–Kier alpha value is -6.38. The Morgan fingerprint density at radius 3 is 0.987 bits per heavy atom. The number of hydrogen-bond donors (Lipinski definition) is 13. The number of hydrogen-bond acceptors (Lipinski definition) is 15. The van der Waals surface area contributed by atoms with Crippen LogP contribution in [0.4, 0.5) is 0 Å². The van der Waals surface area contributed by atoms with E-state index in [0.29, 0.717) is 18.9 Å². The van der Waals surface area contributed by atoms with Gasteiger partial charge in [0, 0.05) is 12.8 Å². The zero-order valence-electron chi connectivity index (χ0n) is 45.3. The average molecular weight is 1190 g/mol. The molecule has 12 N–H and O–H groups in total. The molecule has 0 aliphatic rings. The fourth-order valence-electron chi connectivity index (χ4n) is 5.88. The molecule has 25 nitrogen and oxygen atoms in total. The number of benzene rings is 2. The van der Waals surface area contributed by atoms with E-state index in [0.717, 1.165) is 63.5 Å². The molecule has 2 aromatic carbocycles. The summed E-state index contributed by atoms with van der Waals surface area (Å²) in [5.74, 6) is -8.41. The molecular weight excluding hydrogens is 1110 g/mol. The van der Waals surface area contributed by atoms with Crippen LogP contribution in [0.5, 0.6) is 5.75 Å². The van der Waals surface area contributed by atoms with Gasteiger partial charge in [-0.2, -0.15) is 22.1 Å². The van der Waals surface area contributed by atoms with Gasteiger partial charge in [0.1, 0.15) is 16.7 Å². The summed E-state index contributed by atoms with van der Waals surface area (Å²) in [5, 5.41) is 84.1. The molecule has 79 heavy (non-hydrogen) atoms. The second kappa shape index (κ2) is 55.0. The van der Waals surface area contributed by atoms with Crippen LogP contribution >= 0.6 is 12.6 Å². The third-order valence-electron chi connectivity index (χ3n) is 9.79. The highest BCUT2D eigenvalue weighted by atomic mass is 32.3. The third kappa shape index (κ3) is 69.6. The number of carboxylic acids is 8. The standard InChI is InChI=1S/C18H36O2.C8H6O4.C8H16O2.C7H6O6S.C5H10O2.C4H6O4.CHNS.H2O4S/c1-2-3-4-5-6-7-8-9-10-11-12-13-14-15-16-17-18(19)20;9-7(10)5-1-2-6(4-3-5)8(11)12;1-3-5-7(6-4-2)8(9)10;8-6-2-1-4(14(11,12)13)3-5(6)7(9)10;1-2-3-4-5(6)7;5-3(6)1-2-4(7)8;2-1-3;1-5(2,3)4/h2-17H2,1H3,(H,19,20);1-4H,(H,9,10)(H,11,12);7H,3-6H2,1-2H3,(H,9,10);1-3,8H,(H,9,10)(H,11,12,13);2-4H2,1H3,(H,6,7);1-2H2,(H,5,6)(H,7,8);3H;(H2,1,2,3,4). The largest absolute Gasteiger partial charge is 0.507 e. The zero-order chi connectivity index (χ0) is 62.4. The molecule has 0 aliphatic carbocycles. The molecular formula is C51H83NO24S3. The smallest absolute Gasteiger partial charge is 0.394 e. The van der Waals surface area contributed by atoms with Gasteiger partial charge in [0.2, 0.25) is 0 Å². The van der Waals surface area contributed by atoms with Crippen LogP contribution in [0.2, 0.25) is 0 Å². The first-order chi connectivity index (χ1) is 36.7. The summed E-state index contributed by atoms with van der Waals surface area (Å²) in [7, 11) is -9.12. The van der Waals surface area contributed by atoms with E-state index in [1.807, 2.05) is 20.8 Å². The highest BCUT2D eigenvalue weighted by molar-refractivity contribution is 7.85. The van der Waals surface area contributed by atoms with Crippen molar-refractivity contribution < 1.29 is 115 Å². The molecule has 0 heterocycles. The van der Waals surface area contributed by atoms with Crippen molar-refractivity contribution in [2.75, 3.05) is 0 Å². The topological polar surface area (TPSA) is 471 Å². The molecule has 0 saturated heterocycles. The van der Waals surface area contributed by atoms with E-state index in [4.69, 9.17) is 73.3 Å². The molecule has 2 aromatic rings. The van der Waals surface area contributed by atoms with Crippen LogP contribution < -0.4 is 0 Å². The number of aliphatic carboxylic acids is 5. The maximum absolute atomic E-state index is 10.6. The lowest BCUT2D eigenvalue weighted by Gasteiger charge is -2.07. The molecule has 0 saturated carbocycles. The number of thiol groups is 1. The molecule has 0 fully saturated rings. The Morgan fingerprint density at radius 1 is 0.468 bits per heavy atom. The second-order valence-corrected chi connectivity index (χ2v) is 19.2. The van der Waals surface area contributed by atoms with Gasteiger partial charge in [0.25, 0.3) is 10.1 Å². The van der Waals surface area contributed by atoms with Gasteiger partial charge in [-0.3, -0.25) is 37.6 Å². The molecule has 0 atom stereocenters. The number of aromatic carboxylic acids is 3. The predicted octanol–water partition coefficient (Wildman–Crippen LogP) is 11.0. The molecule has 28 heteroatoms. The summed E-state index contributed by atoms with van der Waals surface area (Å²) in [6, 6.07) is 7.48. The first-order valence-electron chi connectivity index (χ1n) is 25.2. The summed E-state index contributed by atoms with van der Waals surface area (Å²) < 4.78 is 61.4. The molecule has 0 spiro atoms. The monoisotopic (exact) mass is 1190 g/mol. The molecule has 2 rings (SSSR count). The van der Waals surface area contributed by atoms with E-state index in [-0.39, 0.29) is 29.9 Å². The highest BCUT2D eigenvalue weighted by Gasteiger charge is 2.16. The highest BCUT2D eigenvalue weighted by Crippen LogP contribution is 2.21. The minimum absolute atomic E-state index is 0.0833. The van der Waals surface area contributed by atoms with Crippen LogP contribution in [0.25, 0.3) is 0 Å². The normalized spacial score (nSPS) is 9.92. The van der Waals surface area contributed by atoms with Crippen LogP contribution in [-0.4, -0.2) is 124 Å². The summed E-state index contributed by atoms with van der Waals surface area (Å²) in [6.45, 7) is 8.28. The summed E-state index contributed by atoms with van der Waals surface area (Å²) in [6.07, 6.45) is 25.3. The summed E-state index contributed by atoms with van der Waals surface area (Å²) in [4.78, 5) is 80.4. The predicted molar refractivity (Wildman–Crippen MR) is 294 cm³/mol. The van der Waals surface area contributed by atoms with E-state index in [1.165, 1.54) is 113 Å². The third-order valence-corrected chi connectivity index (χ3v) is 10.6. The van der Waals surface area contributed by atoms with Gasteiger partial charge in [-0.1, -0.05) is 149 Å². The lowest BCUT2D eigenvalue weighted by atomic mass is 9.99. The maximum atomic E-state index is 10.6. The maximum Gasteiger partial charge on any atom is 0.394 e. The zero-order valence-corrected chi connectivity index (χ0v) is 47.8. The van der Waals surface area contributed by atoms with Crippen molar-refractivity contribution in [3.05, 3.63) is 59.2 Å². The van der Waals surface area contributed by atoms with Crippen molar-refractivity contribution in [3.63, 3.8) is 0 Å². The van der Waals surface area contributed by atoms with Crippen molar-refractivity contribution >= 4 is 80.9 Å². The Morgan fingerprint density at radius 2 is 0.759 bits per heavy atom. The van der Waals surface area contributed by atoms with Crippen LogP contribution in [-0.2, 0) is 44.5 Å². The Kier molecular flexibility index (Phi) is 58.4. The number of aromatic hydroxyl groups is 1. The number of carbonyl (C=O) groups is 8. The van der Waals surface area contributed by atoms with Crippen LogP contribution in [0.1, 0.15) is 219 Å². The van der Waals surface area contributed by atoms with Crippen molar-refractivity contribution in [1.82, 2.24) is 0 Å². The minimum Gasteiger partial charge on any atom is -0.507 e. The van der Waals surface area contributed by atoms with Crippen molar-refractivity contribution in [2.24, 2.45) is 5.92 Å². The van der Waals surface area contributed by atoms with Gasteiger partial charge in [0.05, 0.1) is 34.8 Å². The second-order valence-electron chi connectivity index (χ2n) is 16.7. The molecule has 0 radical (unpaired) electrons. The Bertz CT molecular complexity index is 2200. The van der Waals surface area contributed by atoms with Crippen molar-refractivity contribution in [1.29, 1.82) is 5.26 Å². The van der Waals surface area contributed by atoms with E-state index in [9.17, 15) is 46.8 Å². The number of thiocyanates is 1. The van der Waals surface area contributed by atoms with Gasteiger partial charge in [0.15, 0.2) is 0 Å². The van der Waals surface area contributed by atoms with E-state index in [1.54, 1.807) is 0 Å². The molecule has 0 bridgehead atoms. The molecule has 0 amide bonds. The van der Waals surface area contributed by atoms with E-state index < -0.39 is 84.5 Å². The first kappa shape index (κ1) is 83.9. The molecule has 0 aliphatic heterocycles. The Balaban J connectivity index is -0.000000202. The Labute approximate surface area is 468 Å². The van der Waals surface area contributed by atoms with E-state index >= 15 is 0 Å². The molecule has 454 valence electrons. The summed E-state index contributed by atoms with van der Waals surface area (Å²) in [5.41, 5.74) is -0.417. The lowest BCUT2D eigenvalue weighted by Crippen LogP contribution is -2.12. The molecule has 0 unspecified atom stereocenters. The fourth-order valence-corrected chi connectivity index (χ4v) is 6.39. The molecule has 0 aromatic heterocycles. The number of nitrogens with zero attached hydrogens (tertiary/aromatic N) is 1. The van der Waals surface area contributed by atoms with Crippen LogP contribution in [0, 0.1) is 16.6 Å². The number of phenols is 1. The SMILES string of the molecule is CCCC(CCC)C(=O)O.CCCCC(=O)O.CCCCCCCCCCCCCCCCCC(=O)O.N#CS.O=C(O)CCC(=O)O.O=C(O)c1cc(S(=O)(=O)O)ccc1O.O=C(O)c1ccc(C(=O)O)cc1.O=S(=O)(O)O. The van der Waals surface area contributed by atoms with Gasteiger partial charge < -0.3 is 46.0 Å².